The van der Waals surface area contributed by atoms with Crippen LogP contribution in [0.15, 0.2) is 47.4 Å². The molecule has 0 saturated carbocycles. The highest BCUT2D eigenvalue weighted by molar-refractivity contribution is 7.89. The summed E-state index contributed by atoms with van der Waals surface area (Å²) in [6, 6.07) is 11.2. The SMILES string of the molecule is COc1cc(OC)cc(OCC(=O)NCCc2ccc(S(N)(=O)=O)cc2)c1. The zero-order valence-electron chi connectivity index (χ0n) is 15.1. The summed E-state index contributed by atoms with van der Waals surface area (Å²) in [5.74, 6) is 1.30. The van der Waals surface area contributed by atoms with Crippen LogP contribution in [0.1, 0.15) is 5.56 Å². The molecule has 0 spiro atoms. The molecular formula is C18H22N2O6S. The van der Waals surface area contributed by atoms with Crippen molar-refractivity contribution in [1.82, 2.24) is 5.32 Å². The van der Waals surface area contributed by atoms with Gasteiger partial charge in [0.1, 0.15) is 17.2 Å². The first-order valence-corrected chi connectivity index (χ1v) is 9.61. The number of primary sulfonamides is 1. The van der Waals surface area contributed by atoms with Gasteiger partial charge in [-0.15, -0.1) is 0 Å². The van der Waals surface area contributed by atoms with E-state index < -0.39 is 10.0 Å². The summed E-state index contributed by atoms with van der Waals surface area (Å²) in [6.45, 7) is 0.235. The fraction of sp³-hybridized carbons (Fsp3) is 0.278. The van der Waals surface area contributed by atoms with Gasteiger partial charge in [0, 0.05) is 24.7 Å². The van der Waals surface area contributed by atoms with E-state index in [1.54, 1.807) is 30.3 Å². The van der Waals surface area contributed by atoms with Gasteiger partial charge in [-0.05, 0) is 24.1 Å². The molecule has 2 rings (SSSR count). The number of hydrogen-bond acceptors (Lipinski definition) is 6. The molecule has 8 nitrogen and oxygen atoms in total. The van der Waals surface area contributed by atoms with E-state index in [9.17, 15) is 13.2 Å². The third-order valence-electron chi connectivity index (χ3n) is 3.68. The highest BCUT2D eigenvalue weighted by Crippen LogP contribution is 2.27. The van der Waals surface area contributed by atoms with Crippen molar-refractivity contribution < 1.29 is 27.4 Å². The molecule has 0 aliphatic heterocycles. The van der Waals surface area contributed by atoms with Gasteiger partial charge in [-0.2, -0.15) is 0 Å². The number of nitrogens with one attached hydrogen (secondary N) is 1. The summed E-state index contributed by atoms with van der Waals surface area (Å²) in [6.07, 6.45) is 0.545. The maximum absolute atomic E-state index is 11.9. The van der Waals surface area contributed by atoms with Gasteiger partial charge >= 0.3 is 0 Å². The Hall–Kier alpha value is -2.78. The van der Waals surface area contributed by atoms with Crippen LogP contribution < -0.4 is 24.7 Å². The average molecular weight is 394 g/mol. The second kappa shape index (κ2) is 9.24. The minimum Gasteiger partial charge on any atom is -0.496 e. The van der Waals surface area contributed by atoms with Crippen molar-refractivity contribution in [2.24, 2.45) is 5.14 Å². The van der Waals surface area contributed by atoms with Gasteiger partial charge in [-0.3, -0.25) is 4.79 Å². The van der Waals surface area contributed by atoms with Crippen molar-refractivity contribution in [3.63, 3.8) is 0 Å². The summed E-state index contributed by atoms with van der Waals surface area (Å²) in [4.78, 5) is 12.0. The standard InChI is InChI=1S/C18H22N2O6S/c1-24-14-9-15(25-2)11-16(10-14)26-12-18(21)20-8-7-13-3-5-17(6-4-13)27(19,22)23/h3-6,9-11H,7-8,12H2,1-2H3,(H,20,21)(H2,19,22,23). The maximum Gasteiger partial charge on any atom is 0.257 e. The lowest BCUT2D eigenvalue weighted by Gasteiger charge is -2.10. The van der Waals surface area contributed by atoms with E-state index in [-0.39, 0.29) is 17.4 Å². The topological polar surface area (TPSA) is 117 Å². The lowest BCUT2D eigenvalue weighted by atomic mass is 10.1. The Balaban J connectivity index is 1.80. The van der Waals surface area contributed by atoms with Crippen LogP contribution in [0.5, 0.6) is 17.2 Å². The molecule has 27 heavy (non-hydrogen) atoms. The molecule has 9 heteroatoms. The number of hydrogen-bond donors (Lipinski definition) is 2. The Kier molecular flexibility index (Phi) is 7.03. The summed E-state index contributed by atoms with van der Waals surface area (Å²) < 4.78 is 38.2. The van der Waals surface area contributed by atoms with Gasteiger partial charge in [0.05, 0.1) is 19.1 Å². The molecule has 0 bridgehead atoms. The highest BCUT2D eigenvalue weighted by Gasteiger charge is 2.08. The van der Waals surface area contributed by atoms with Crippen LogP contribution in [-0.2, 0) is 21.2 Å². The zero-order valence-corrected chi connectivity index (χ0v) is 15.9. The van der Waals surface area contributed by atoms with Crippen LogP contribution >= 0.6 is 0 Å². The van der Waals surface area contributed by atoms with Crippen molar-refractivity contribution in [3.8, 4) is 17.2 Å². The third-order valence-corrected chi connectivity index (χ3v) is 4.61. The summed E-state index contributed by atoms with van der Waals surface area (Å²) in [7, 11) is -0.644. The first-order chi connectivity index (χ1) is 12.8. The summed E-state index contributed by atoms with van der Waals surface area (Å²) >= 11 is 0. The molecule has 0 atom stereocenters. The molecule has 3 N–H and O–H groups in total. The first kappa shape index (κ1) is 20.5. The Labute approximate surface area is 158 Å². The molecule has 2 aromatic carbocycles. The lowest BCUT2D eigenvalue weighted by molar-refractivity contribution is -0.123. The molecule has 146 valence electrons. The van der Waals surface area contributed by atoms with E-state index in [1.165, 1.54) is 26.4 Å². The molecule has 0 aliphatic rings. The Morgan fingerprint density at radius 3 is 2.07 bits per heavy atom. The number of sulfonamides is 1. The number of carbonyl (C=O) groups is 1. The maximum atomic E-state index is 11.9. The highest BCUT2D eigenvalue weighted by atomic mass is 32.2. The van der Waals surface area contributed by atoms with Crippen molar-refractivity contribution in [2.75, 3.05) is 27.4 Å². The van der Waals surface area contributed by atoms with Crippen molar-refractivity contribution in [3.05, 3.63) is 48.0 Å². The fourth-order valence-corrected chi connectivity index (χ4v) is 2.77. The molecule has 0 aliphatic carbocycles. The Bertz CT molecular complexity index is 859. The molecular weight excluding hydrogens is 372 g/mol. The molecule has 0 saturated heterocycles. The van der Waals surface area contributed by atoms with Gasteiger partial charge in [-0.1, -0.05) is 12.1 Å². The third kappa shape index (κ3) is 6.46. The van der Waals surface area contributed by atoms with E-state index in [2.05, 4.69) is 5.32 Å². The van der Waals surface area contributed by atoms with E-state index in [0.717, 1.165) is 5.56 Å². The van der Waals surface area contributed by atoms with Crippen LogP contribution in [0.3, 0.4) is 0 Å². The van der Waals surface area contributed by atoms with Gasteiger partial charge < -0.3 is 19.5 Å². The van der Waals surface area contributed by atoms with E-state index in [4.69, 9.17) is 19.3 Å². The Morgan fingerprint density at radius 2 is 1.56 bits per heavy atom. The van der Waals surface area contributed by atoms with Crippen LogP contribution in [0.25, 0.3) is 0 Å². The van der Waals surface area contributed by atoms with Crippen LogP contribution in [0.4, 0.5) is 0 Å². The van der Waals surface area contributed by atoms with Crippen LogP contribution in [0, 0.1) is 0 Å². The van der Waals surface area contributed by atoms with E-state index in [1.807, 2.05) is 0 Å². The number of amides is 1. The van der Waals surface area contributed by atoms with Gasteiger partial charge in [-0.25, -0.2) is 13.6 Å². The van der Waals surface area contributed by atoms with Crippen molar-refractivity contribution >= 4 is 15.9 Å². The second-order valence-corrected chi connectivity index (χ2v) is 7.19. The second-order valence-electron chi connectivity index (χ2n) is 5.63. The summed E-state index contributed by atoms with van der Waals surface area (Å²) in [5, 5.41) is 7.78. The summed E-state index contributed by atoms with van der Waals surface area (Å²) in [5.41, 5.74) is 0.876. The molecule has 2 aromatic rings. The van der Waals surface area contributed by atoms with Gasteiger partial charge in [0.2, 0.25) is 10.0 Å². The van der Waals surface area contributed by atoms with Crippen molar-refractivity contribution in [1.29, 1.82) is 0 Å². The van der Waals surface area contributed by atoms with E-state index in [0.29, 0.717) is 30.2 Å². The molecule has 0 fully saturated rings. The van der Waals surface area contributed by atoms with Gasteiger partial charge in [0.25, 0.3) is 5.91 Å². The Morgan fingerprint density at radius 1 is 1.00 bits per heavy atom. The predicted octanol–water partition coefficient (Wildman–Crippen LogP) is 1.09. The number of carbonyl (C=O) groups excluding carboxylic acids is 1. The molecule has 0 aromatic heterocycles. The number of benzene rings is 2. The number of ether oxygens (including phenoxy) is 3. The first-order valence-electron chi connectivity index (χ1n) is 8.06. The molecule has 0 heterocycles. The number of nitrogens with two attached hydrogens (primary N) is 1. The lowest BCUT2D eigenvalue weighted by Crippen LogP contribution is -2.30. The normalized spacial score (nSPS) is 10.9. The predicted molar refractivity (Wildman–Crippen MR) is 99.6 cm³/mol. The smallest absolute Gasteiger partial charge is 0.257 e. The molecule has 0 radical (unpaired) electrons. The molecule has 0 unspecified atom stereocenters. The number of rotatable bonds is 9. The zero-order chi connectivity index (χ0) is 19.9. The van der Waals surface area contributed by atoms with Crippen LogP contribution in [0.2, 0.25) is 0 Å². The average Bonchev–Trinajstić information content (AvgIpc) is 2.65. The van der Waals surface area contributed by atoms with Crippen LogP contribution in [-0.4, -0.2) is 41.7 Å². The largest absolute Gasteiger partial charge is 0.496 e. The monoisotopic (exact) mass is 394 g/mol. The fourth-order valence-electron chi connectivity index (χ4n) is 2.26. The minimum atomic E-state index is -3.70. The van der Waals surface area contributed by atoms with Gasteiger partial charge in [0.15, 0.2) is 6.61 Å². The van der Waals surface area contributed by atoms with E-state index >= 15 is 0 Å². The number of methoxy groups -OCH3 is 2. The minimum absolute atomic E-state index is 0.0532. The molecule has 1 amide bonds. The quantitative estimate of drug-likeness (QED) is 0.657. The van der Waals surface area contributed by atoms with Crippen molar-refractivity contribution in [2.45, 2.75) is 11.3 Å².